The zero-order valence-corrected chi connectivity index (χ0v) is 22.3. The molecule has 0 unspecified atom stereocenters. The molecule has 0 aliphatic carbocycles. The number of fused-ring (bicyclic) bond motifs is 1. The summed E-state index contributed by atoms with van der Waals surface area (Å²) in [5.41, 5.74) is 2.05. The van der Waals surface area contributed by atoms with E-state index in [9.17, 15) is 21.6 Å². The van der Waals surface area contributed by atoms with Crippen molar-refractivity contribution in [3.05, 3.63) is 102 Å². The van der Waals surface area contributed by atoms with Crippen LogP contribution in [-0.2, 0) is 24.8 Å². The Hall–Kier alpha value is -4.22. The first-order valence-electron chi connectivity index (χ1n) is 11.5. The van der Waals surface area contributed by atoms with E-state index in [4.69, 9.17) is 4.74 Å². The van der Waals surface area contributed by atoms with Gasteiger partial charge in [0.2, 0.25) is 0 Å². The Bertz CT molecular complexity index is 1900. The topological polar surface area (TPSA) is 117 Å². The highest BCUT2D eigenvalue weighted by Gasteiger charge is 2.26. The molecule has 0 saturated carbocycles. The number of esters is 1. The number of nitrogens with zero attached hydrogens (tertiary/aromatic N) is 3. The van der Waals surface area contributed by atoms with E-state index in [2.05, 4.69) is 4.98 Å². The number of carbonyl (C=O) groups is 1. The lowest BCUT2D eigenvalue weighted by Crippen LogP contribution is -2.15. The molecule has 0 radical (unpaired) electrons. The average Bonchev–Trinajstić information content (AvgIpc) is 3.56. The molecular weight excluding hydrogens is 526 g/mol. The zero-order valence-electron chi connectivity index (χ0n) is 20.7. The molecule has 3 heterocycles. The molecule has 0 atom stereocenters. The highest BCUT2D eigenvalue weighted by Crippen LogP contribution is 2.33. The summed E-state index contributed by atoms with van der Waals surface area (Å²) in [4.78, 5) is 17.1. The lowest BCUT2D eigenvalue weighted by Gasteiger charge is -2.13. The molecule has 9 nitrogen and oxygen atoms in total. The molecule has 0 amide bonds. The normalized spacial score (nSPS) is 12.1. The van der Waals surface area contributed by atoms with Gasteiger partial charge in [-0.1, -0.05) is 35.4 Å². The van der Waals surface area contributed by atoms with Crippen molar-refractivity contribution in [3.63, 3.8) is 0 Å². The van der Waals surface area contributed by atoms with Crippen LogP contribution < -0.4 is 0 Å². The van der Waals surface area contributed by atoms with Gasteiger partial charge < -0.3 is 4.74 Å². The molecule has 0 saturated heterocycles. The third kappa shape index (κ3) is 4.19. The van der Waals surface area contributed by atoms with Gasteiger partial charge in [-0.15, -0.1) is 0 Å². The molecule has 11 heteroatoms. The van der Waals surface area contributed by atoms with E-state index in [0.29, 0.717) is 5.39 Å². The molecule has 0 bridgehead atoms. The Morgan fingerprint density at radius 1 is 0.763 bits per heavy atom. The van der Waals surface area contributed by atoms with Gasteiger partial charge in [-0.3, -0.25) is 0 Å². The predicted octanol–water partition coefficient (Wildman–Crippen LogP) is 4.38. The minimum absolute atomic E-state index is 0.0592. The minimum atomic E-state index is -4.05. The Morgan fingerprint density at radius 2 is 1.32 bits per heavy atom. The molecular formula is C27H23N3O6S2. The molecule has 2 aromatic carbocycles. The molecule has 0 aliphatic heterocycles. The maximum absolute atomic E-state index is 13.5. The number of ether oxygens (including phenoxy) is 1. The lowest BCUT2D eigenvalue weighted by molar-refractivity contribution is 0.0594. The molecule has 0 spiro atoms. The van der Waals surface area contributed by atoms with Crippen molar-refractivity contribution in [1.82, 2.24) is 12.9 Å². The SMILES string of the molecule is COC(=O)c1cc2c(ccn2S(=O)(=O)c2ccc(C)cc2)c(-c2cccn2S(=O)(=O)c2ccc(C)cc2)n1. The monoisotopic (exact) mass is 549 g/mol. The van der Waals surface area contributed by atoms with Gasteiger partial charge in [0, 0.05) is 17.8 Å². The van der Waals surface area contributed by atoms with Gasteiger partial charge in [-0.25, -0.2) is 34.6 Å². The summed E-state index contributed by atoms with van der Waals surface area (Å²) in [5.74, 6) is -0.798. The fraction of sp³-hybridized carbons (Fsp3) is 0.111. The molecule has 5 aromatic rings. The Labute approximate surface area is 220 Å². The molecule has 38 heavy (non-hydrogen) atoms. The number of benzene rings is 2. The van der Waals surface area contributed by atoms with E-state index >= 15 is 0 Å². The molecule has 0 aliphatic rings. The van der Waals surface area contributed by atoms with Crippen LogP contribution in [0.15, 0.2) is 95.0 Å². The highest BCUT2D eigenvalue weighted by atomic mass is 32.2. The summed E-state index contributed by atoms with van der Waals surface area (Å²) >= 11 is 0. The first kappa shape index (κ1) is 25.4. The summed E-state index contributed by atoms with van der Waals surface area (Å²) < 4.78 is 61.1. The van der Waals surface area contributed by atoms with Gasteiger partial charge in [-0.2, -0.15) is 0 Å². The van der Waals surface area contributed by atoms with Crippen LogP contribution in [0.4, 0.5) is 0 Å². The van der Waals surface area contributed by atoms with Gasteiger partial charge in [0.1, 0.15) is 0 Å². The van der Waals surface area contributed by atoms with Gasteiger partial charge in [0.25, 0.3) is 20.0 Å². The molecule has 194 valence electrons. The third-order valence-corrected chi connectivity index (χ3v) is 9.56. The third-order valence-electron chi connectivity index (χ3n) is 6.16. The van der Waals surface area contributed by atoms with E-state index < -0.39 is 26.0 Å². The number of rotatable bonds is 6. The quantitative estimate of drug-likeness (QED) is 0.289. The number of carbonyl (C=O) groups excluding carboxylic acids is 1. The number of hydrogen-bond donors (Lipinski definition) is 0. The van der Waals surface area contributed by atoms with Crippen molar-refractivity contribution < 1.29 is 26.4 Å². The van der Waals surface area contributed by atoms with E-state index in [1.165, 1.54) is 55.9 Å². The Morgan fingerprint density at radius 3 is 1.87 bits per heavy atom. The second-order valence-electron chi connectivity index (χ2n) is 8.72. The first-order chi connectivity index (χ1) is 18.0. The molecule has 5 rings (SSSR count). The minimum Gasteiger partial charge on any atom is -0.464 e. The Balaban J connectivity index is 1.76. The number of pyridine rings is 1. The first-order valence-corrected chi connectivity index (χ1v) is 14.3. The van der Waals surface area contributed by atoms with Crippen LogP contribution in [-0.4, -0.2) is 42.8 Å². The van der Waals surface area contributed by atoms with Gasteiger partial charge in [0.15, 0.2) is 5.69 Å². The largest absolute Gasteiger partial charge is 0.464 e. The second kappa shape index (κ2) is 9.26. The van der Waals surface area contributed by atoms with Gasteiger partial charge >= 0.3 is 5.97 Å². The van der Waals surface area contributed by atoms with E-state index in [0.717, 1.165) is 19.1 Å². The number of aryl methyl sites for hydroxylation is 2. The highest BCUT2D eigenvalue weighted by molar-refractivity contribution is 7.90. The van der Waals surface area contributed by atoms with Crippen molar-refractivity contribution in [3.8, 4) is 11.4 Å². The van der Waals surface area contributed by atoms with E-state index in [1.807, 2.05) is 13.8 Å². The molecule has 0 fully saturated rings. The smallest absolute Gasteiger partial charge is 0.356 e. The Kier molecular flexibility index (Phi) is 6.20. The van der Waals surface area contributed by atoms with Crippen molar-refractivity contribution in [2.45, 2.75) is 23.6 Å². The zero-order chi connectivity index (χ0) is 27.2. The molecule has 3 aromatic heterocycles. The summed E-state index contributed by atoms with van der Waals surface area (Å²) in [6, 6.07) is 18.7. The van der Waals surface area contributed by atoms with Crippen molar-refractivity contribution in [1.29, 1.82) is 0 Å². The maximum atomic E-state index is 13.5. The fourth-order valence-corrected chi connectivity index (χ4v) is 6.81. The van der Waals surface area contributed by atoms with E-state index in [1.54, 1.807) is 36.4 Å². The number of hydrogen-bond acceptors (Lipinski definition) is 7. The summed E-state index contributed by atoms with van der Waals surface area (Å²) in [5, 5.41) is 0.340. The van der Waals surface area contributed by atoms with Crippen LogP contribution in [0.25, 0.3) is 22.3 Å². The van der Waals surface area contributed by atoms with Crippen molar-refractivity contribution >= 4 is 36.9 Å². The van der Waals surface area contributed by atoms with Gasteiger partial charge in [-0.05, 0) is 62.4 Å². The number of methoxy groups -OCH3 is 1. The van der Waals surface area contributed by atoms with Crippen LogP contribution >= 0.6 is 0 Å². The van der Waals surface area contributed by atoms with Crippen LogP contribution in [0.5, 0.6) is 0 Å². The second-order valence-corrected chi connectivity index (χ2v) is 12.3. The van der Waals surface area contributed by atoms with Crippen LogP contribution in [0.1, 0.15) is 21.6 Å². The fourth-order valence-electron chi connectivity index (χ4n) is 4.13. The summed E-state index contributed by atoms with van der Waals surface area (Å²) in [7, 11) is -6.90. The van der Waals surface area contributed by atoms with E-state index in [-0.39, 0.29) is 32.4 Å². The van der Waals surface area contributed by atoms with Crippen molar-refractivity contribution in [2.75, 3.05) is 7.11 Å². The van der Waals surface area contributed by atoms with Crippen LogP contribution in [0.2, 0.25) is 0 Å². The maximum Gasteiger partial charge on any atom is 0.356 e. The van der Waals surface area contributed by atoms with Crippen LogP contribution in [0, 0.1) is 13.8 Å². The van der Waals surface area contributed by atoms with Gasteiger partial charge in [0.05, 0.1) is 33.8 Å². The standard InChI is InChI=1S/C27H23N3O6S2/c1-18-6-10-20(11-7-18)37(32,33)29-15-4-5-24(29)26-22-14-16-30(25(22)17-23(28-26)27(31)36-3)38(34,35)21-12-8-19(2)9-13-21/h4-17H,1-3H3. The lowest BCUT2D eigenvalue weighted by atomic mass is 10.1. The summed E-state index contributed by atoms with van der Waals surface area (Å²) in [6.45, 7) is 3.70. The summed E-state index contributed by atoms with van der Waals surface area (Å²) in [6.07, 6.45) is 2.73. The van der Waals surface area contributed by atoms with Crippen molar-refractivity contribution in [2.24, 2.45) is 0 Å². The number of aromatic nitrogens is 3. The molecule has 0 N–H and O–H groups in total. The van der Waals surface area contributed by atoms with Crippen LogP contribution in [0.3, 0.4) is 0 Å². The average molecular weight is 550 g/mol. The predicted molar refractivity (Wildman–Crippen MR) is 142 cm³/mol.